The Morgan fingerprint density at radius 1 is 1.00 bits per heavy atom. The number of rotatable bonds is 9. The summed E-state index contributed by atoms with van der Waals surface area (Å²) in [5, 5.41) is 0. The van der Waals surface area contributed by atoms with Crippen LogP contribution in [0, 0.1) is 0 Å². The first-order chi connectivity index (χ1) is 20.0. The molecule has 3 heterocycles. The van der Waals surface area contributed by atoms with E-state index in [1.165, 1.54) is 4.90 Å². The van der Waals surface area contributed by atoms with Crippen molar-refractivity contribution in [3.63, 3.8) is 0 Å². The molecule has 0 aliphatic carbocycles. The average molecular weight is 580 g/mol. The van der Waals surface area contributed by atoms with Crippen LogP contribution in [0.2, 0.25) is 0 Å². The van der Waals surface area contributed by atoms with Gasteiger partial charge in [-0.15, -0.1) is 0 Å². The van der Waals surface area contributed by atoms with Crippen LogP contribution in [0.1, 0.15) is 38.1 Å². The third-order valence-corrected chi connectivity index (χ3v) is 6.58. The highest BCUT2D eigenvalue weighted by molar-refractivity contribution is 5.93. The van der Waals surface area contributed by atoms with Gasteiger partial charge in [0.2, 0.25) is 12.7 Å². The minimum atomic E-state index is -0.430. The van der Waals surface area contributed by atoms with Gasteiger partial charge in [-0.05, 0) is 58.0 Å². The van der Waals surface area contributed by atoms with Crippen molar-refractivity contribution in [2.45, 2.75) is 46.5 Å². The molecule has 42 heavy (non-hydrogen) atoms. The molecule has 2 N–H and O–H groups in total. The number of carbonyl (C=O) groups excluding carboxylic acids is 2. The van der Waals surface area contributed by atoms with Crippen LogP contribution in [0.3, 0.4) is 0 Å². The minimum Gasteiger partial charge on any atom is -0.424 e. The van der Waals surface area contributed by atoms with E-state index in [0.29, 0.717) is 60.8 Å². The van der Waals surface area contributed by atoms with Crippen LogP contribution in [-0.2, 0) is 16.2 Å². The number of amides is 2. The lowest BCUT2D eigenvalue weighted by molar-refractivity contribution is -0.713. The van der Waals surface area contributed by atoms with Crippen LogP contribution in [0.4, 0.5) is 16.6 Å². The van der Waals surface area contributed by atoms with Crippen LogP contribution < -0.4 is 19.9 Å². The van der Waals surface area contributed by atoms with E-state index in [-0.39, 0.29) is 30.7 Å². The monoisotopic (exact) mass is 579 g/mol. The second kappa shape index (κ2) is 13.4. The average Bonchev–Trinajstić information content (AvgIpc) is 2.96. The number of anilines is 2. The van der Waals surface area contributed by atoms with Crippen molar-refractivity contribution in [2.75, 3.05) is 51.0 Å². The summed E-state index contributed by atoms with van der Waals surface area (Å²) in [6.45, 7) is 10.00. The standard InChI is InChI=1S/C29H38N8O5/c1-19(2)37(20(3)4)29(39)41-18-36-17-22(9-12-24(36)30)25-31-27(35-13-15-40-16-14-35)33-28(32-25)42-23-10-7-21(8-11-23)26(38)34(5)6/h7-12,17,19-20,30H,13-16,18H2,1-6H3/p+1. The third-order valence-electron chi connectivity index (χ3n) is 6.58. The maximum Gasteiger partial charge on any atom is 0.413 e. The Balaban J connectivity index is 1.62. The summed E-state index contributed by atoms with van der Waals surface area (Å²) in [6.07, 6.45) is 1.29. The molecule has 1 fully saturated rings. The Morgan fingerprint density at radius 2 is 1.67 bits per heavy atom. The lowest BCUT2D eigenvalue weighted by atomic mass is 10.2. The number of benzene rings is 1. The summed E-state index contributed by atoms with van der Waals surface area (Å²) < 4.78 is 18.7. The van der Waals surface area contributed by atoms with Crippen molar-refractivity contribution in [3.8, 4) is 23.1 Å². The molecule has 2 aromatic heterocycles. The van der Waals surface area contributed by atoms with Crippen molar-refractivity contribution < 1.29 is 28.4 Å². The molecule has 13 nitrogen and oxygen atoms in total. The van der Waals surface area contributed by atoms with Crippen molar-refractivity contribution in [1.82, 2.24) is 24.8 Å². The molecule has 2 amide bonds. The van der Waals surface area contributed by atoms with Gasteiger partial charge in [-0.25, -0.2) is 4.79 Å². The smallest absolute Gasteiger partial charge is 0.413 e. The Kier molecular flexibility index (Phi) is 9.73. The van der Waals surface area contributed by atoms with Crippen LogP contribution >= 0.6 is 0 Å². The zero-order valence-corrected chi connectivity index (χ0v) is 25.0. The molecule has 0 spiro atoms. The van der Waals surface area contributed by atoms with Gasteiger partial charge in [-0.2, -0.15) is 19.5 Å². The largest absolute Gasteiger partial charge is 0.424 e. The number of aromatic nitrogens is 4. The van der Waals surface area contributed by atoms with E-state index < -0.39 is 6.09 Å². The van der Waals surface area contributed by atoms with Gasteiger partial charge >= 0.3 is 12.1 Å². The molecular formula is C29H39N8O5+. The molecule has 0 saturated carbocycles. The predicted octanol–water partition coefficient (Wildman–Crippen LogP) is 2.95. The van der Waals surface area contributed by atoms with E-state index in [9.17, 15) is 9.59 Å². The van der Waals surface area contributed by atoms with E-state index >= 15 is 0 Å². The Morgan fingerprint density at radius 3 is 2.29 bits per heavy atom. The van der Waals surface area contributed by atoms with Crippen molar-refractivity contribution in [3.05, 3.63) is 48.2 Å². The van der Waals surface area contributed by atoms with Crippen LogP contribution in [-0.4, -0.2) is 89.2 Å². The number of nitrogens with two attached hydrogens (primary N) is 1. The number of carbonyl (C=O) groups is 2. The van der Waals surface area contributed by atoms with Crippen molar-refractivity contribution >= 4 is 23.8 Å². The van der Waals surface area contributed by atoms with Crippen LogP contribution in [0.5, 0.6) is 11.8 Å². The Bertz CT molecular complexity index is 1380. The fourth-order valence-electron chi connectivity index (χ4n) is 4.47. The molecule has 1 saturated heterocycles. The van der Waals surface area contributed by atoms with E-state index in [0.717, 1.165) is 0 Å². The third kappa shape index (κ3) is 7.40. The van der Waals surface area contributed by atoms with Crippen molar-refractivity contribution in [1.29, 1.82) is 0 Å². The van der Waals surface area contributed by atoms with Gasteiger partial charge in [0.15, 0.2) is 5.82 Å². The molecule has 224 valence electrons. The molecular weight excluding hydrogens is 540 g/mol. The molecule has 0 radical (unpaired) electrons. The summed E-state index contributed by atoms with van der Waals surface area (Å²) in [7, 11) is 3.40. The number of hydrogen-bond donors (Lipinski definition) is 1. The SMILES string of the molecule is CC(C)N(C(=O)OC[n+]1cc(-c2nc(Oc3ccc(C(=O)N(C)C)cc3)nc(N3CCOCC3)n2)ccc1N)C(C)C. The summed E-state index contributed by atoms with van der Waals surface area (Å²) in [5.41, 5.74) is 7.37. The number of nitrogen functional groups attached to an aromatic ring is 1. The van der Waals surface area contributed by atoms with E-state index in [1.807, 2.05) is 32.6 Å². The molecule has 3 aromatic rings. The molecule has 4 rings (SSSR count). The number of hydrogen-bond acceptors (Lipinski definition) is 10. The lowest BCUT2D eigenvalue weighted by Gasteiger charge is -2.29. The fourth-order valence-corrected chi connectivity index (χ4v) is 4.47. The van der Waals surface area contributed by atoms with Crippen LogP contribution in [0.15, 0.2) is 42.6 Å². The second-order valence-corrected chi connectivity index (χ2v) is 10.6. The Hall–Kier alpha value is -4.52. The van der Waals surface area contributed by atoms with Gasteiger partial charge in [0, 0.05) is 50.9 Å². The van der Waals surface area contributed by atoms with Gasteiger partial charge in [0.25, 0.3) is 11.7 Å². The summed E-state index contributed by atoms with van der Waals surface area (Å²) in [5.74, 6) is 1.55. The number of morpholine rings is 1. The molecule has 0 atom stereocenters. The lowest BCUT2D eigenvalue weighted by Crippen LogP contribution is -2.46. The van der Waals surface area contributed by atoms with Gasteiger partial charge < -0.3 is 28.9 Å². The molecule has 0 unspecified atom stereocenters. The highest BCUT2D eigenvalue weighted by Gasteiger charge is 2.23. The number of nitrogens with zero attached hydrogens (tertiary/aromatic N) is 7. The summed E-state index contributed by atoms with van der Waals surface area (Å²) in [6, 6.07) is 10.3. The highest BCUT2D eigenvalue weighted by Crippen LogP contribution is 2.25. The van der Waals surface area contributed by atoms with Gasteiger partial charge in [0.05, 0.1) is 18.8 Å². The van der Waals surface area contributed by atoms with E-state index in [4.69, 9.17) is 24.9 Å². The molecule has 1 aromatic carbocycles. The maximum absolute atomic E-state index is 12.8. The van der Waals surface area contributed by atoms with Gasteiger partial charge in [-0.1, -0.05) is 0 Å². The second-order valence-electron chi connectivity index (χ2n) is 10.6. The van der Waals surface area contributed by atoms with Gasteiger partial charge in [0.1, 0.15) is 11.9 Å². The normalized spacial score (nSPS) is 13.3. The molecule has 1 aliphatic rings. The van der Waals surface area contributed by atoms with E-state index in [1.54, 1.807) is 66.2 Å². The summed E-state index contributed by atoms with van der Waals surface area (Å²) >= 11 is 0. The van der Waals surface area contributed by atoms with E-state index in [2.05, 4.69) is 9.97 Å². The minimum absolute atomic E-state index is 0.0156. The number of pyridine rings is 1. The quantitative estimate of drug-likeness (QED) is 0.376. The Labute approximate surface area is 245 Å². The topological polar surface area (TPSA) is 140 Å². The first-order valence-corrected chi connectivity index (χ1v) is 13.9. The molecule has 1 aliphatic heterocycles. The zero-order valence-electron chi connectivity index (χ0n) is 25.0. The number of ether oxygens (including phenoxy) is 3. The van der Waals surface area contributed by atoms with Crippen LogP contribution in [0.25, 0.3) is 11.4 Å². The maximum atomic E-state index is 12.8. The first-order valence-electron chi connectivity index (χ1n) is 13.9. The fraction of sp³-hybridized carbons (Fsp3) is 0.448. The molecule has 0 bridgehead atoms. The predicted molar refractivity (Wildman–Crippen MR) is 156 cm³/mol. The van der Waals surface area contributed by atoms with Crippen molar-refractivity contribution in [2.24, 2.45) is 0 Å². The zero-order chi connectivity index (χ0) is 30.4. The van der Waals surface area contributed by atoms with Gasteiger partial charge in [-0.3, -0.25) is 10.5 Å². The highest BCUT2D eigenvalue weighted by atomic mass is 16.6. The summed E-state index contributed by atoms with van der Waals surface area (Å²) in [4.78, 5) is 44.0. The first kappa shape index (κ1) is 30.4. The molecule has 13 heteroatoms.